The Hall–Kier alpha value is -4.27. The molecule has 0 bridgehead atoms. The van der Waals surface area contributed by atoms with Crippen molar-refractivity contribution in [1.29, 1.82) is 0 Å². The SMILES string of the molecule is C=C/C(=C(\N=C(/N)Nc1ccc(C(=O)NC(C)C)cc1OC)NCc1cccnc1N(C)S(C)(=O)=O)C(F)(F)F. The van der Waals surface area contributed by atoms with Crippen LogP contribution in [0.25, 0.3) is 0 Å². The molecule has 0 aliphatic carbocycles. The molecule has 0 fully saturated rings. The van der Waals surface area contributed by atoms with Crippen LogP contribution in [0.4, 0.5) is 24.7 Å². The lowest BCUT2D eigenvalue weighted by Crippen LogP contribution is -2.30. The zero-order valence-electron chi connectivity index (χ0n) is 22.6. The van der Waals surface area contributed by atoms with Gasteiger partial charge in [0.2, 0.25) is 10.0 Å². The summed E-state index contributed by atoms with van der Waals surface area (Å²) in [5, 5.41) is 7.98. The van der Waals surface area contributed by atoms with E-state index in [0.29, 0.717) is 11.6 Å². The van der Waals surface area contributed by atoms with Crippen LogP contribution in [-0.2, 0) is 16.6 Å². The number of nitrogens with two attached hydrogens (primary N) is 1. The molecule has 40 heavy (non-hydrogen) atoms. The summed E-state index contributed by atoms with van der Waals surface area (Å²) in [5.74, 6) is -1.25. The molecule has 15 heteroatoms. The van der Waals surface area contributed by atoms with Crippen molar-refractivity contribution in [2.24, 2.45) is 10.7 Å². The van der Waals surface area contributed by atoms with Gasteiger partial charge in [-0.25, -0.2) is 13.4 Å². The first kappa shape index (κ1) is 31.9. The highest BCUT2D eigenvalue weighted by Gasteiger charge is 2.35. The monoisotopic (exact) mass is 583 g/mol. The molecule has 11 nitrogen and oxygen atoms in total. The number of benzene rings is 1. The van der Waals surface area contributed by atoms with Crippen LogP contribution in [0.2, 0.25) is 0 Å². The highest BCUT2D eigenvalue weighted by molar-refractivity contribution is 7.92. The van der Waals surface area contributed by atoms with Crippen molar-refractivity contribution in [1.82, 2.24) is 15.6 Å². The van der Waals surface area contributed by atoms with E-state index in [4.69, 9.17) is 10.5 Å². The summed E-state index contributed by atoms with van der Waals surface area (Å²) in [6, 6.07) is 7.30. The minimum absolute atomic E-state index is 0.0189. The normalized spacial score (nSPS) is 12.9. The number of ether oxygens (including phenoxy) is 1. The topological polar surface area (TPSA) is 151 Å². The van der Waals surface area contributed by atoms with Gasteiger partial charge >= 0.3 is 6.18 Å². The largest absolute Gasteiger partial charge is 0.495 e. The summed E-state index contributed by atoms with van der Waals surface area (Å²) in [6.07, 6.45) is -1.95. The van der Waals surface area contributed by atoms with Gasteiger partial charge in [0.25, 0.3) is 5.91 Å². The predicted molar refractivity (Wildman–Crippen MR) is 148 cm³/mol. The predicted octanol–water partition coefficient (Wildman–Crippen LogP) is 3.10. The maximum Gasteiger partial charge on any atom is 0.419 e. The third kappa shape index (κ3) is 8.62. The molecule has 2 rings (SSSR count). The number of allylic oxidation sites excluding steroid dienone is 2. The number of sulfonamides is 1. The highest BCUT2D eigenvalue weighted by Crippen LogP contribution is 2.30. The molecular weight excluding hydrogens is 551 g/mol. The number of rotatable bonds is 11. The van der Waals surface area contributed by atoms with Gasteiger partial charge in [0.15, 0.2) is 5.96 Å². The third-order valence-corrected chi connectivity index (χ3v) is 6.42. The first-order valence-corrected chi connectivity index (χ1v) is 13.6. The lowest BCUT2D eigenvalue weighted by atomic mass is 10.1. The van der Waals surface area contributed by atoms with Gasteiger partial charge in [-0.3, -0.25) is 9.10 Å². The lowest BCUT2D eigenvalue weighted by Gasteiger charge is -2.20. The lowest BCUT2D eigenvalue weighted by molar-refractivity contribution is -0.0893. The van der Waals surface area contributed by atoms with Gasteiger partial charge in [-0.2, -0.15) is 18.2 Å². The second-order valence-corrected chi connectivity index (χ2v) is 10.7. The fourth-order valence-corrected chi connectivity index (χ4v) is 3.78. The molecule has 1 amide bonds. The standard InChI is InChI=1S/C25H32F3N7O4S/c1-7-18(25(26,27)28)21(31-14-17-9-8-12-30-22(17)35(4)40(6,37)38)34-24(29)33-19-11-10-16(13-20(19)39-5)23(36)32-15(2)3/h7-13,15,31H,1,14H2,2-6H3,(H,32,36)(H3,29,33,34)/b21-18+. The van der Waals surface area contributed by atoms with Gasteiger partial charge in [-0.05, 0) is 38.1 Å². The number of carbonyl (C=O) groups is 1. The molecule has 0 aliphatic rings. The Labute approximate surface area is 231 Å². The minimum atomic E-state index is -4.85. The van der Waals surface area contributed by atoms with Gasteiger partial charge in [-0.1, -0.05) is 18.7 Å². The van der Waals surface area contributed by atoms with Crippen molar-refractivity contribution in [3.05, 3.63) is 71.7 Å². The van der Waals surface area contributed by atoms with Gasteiger partial charge in [-0.15, -0.1) is 0 Å². The molecule has 0 spiro atoms. The summed E-state index contributed by atoms with van der Waals surface area (Å²) >= 11 is 0. The average Bonchev–Trinajstić information content (AvgIpc) is 2.85. The van der Waals surface area contributed by atoms with E-state index in [9.17, 15) is 26.4 Å². The molecule has 2 aromatic rings. The molecule has 1 heterocycles. The number of pyridine rings is 1. The number of methoxy groups -OCH3 is 1. The molecule has 0 atom stereocenters. The van der Waals surface area contributed by atoms with E-state index in [1.165, 1.54) is 50.7 Å². The van der Waals surface area contributed by atoms with Crippen LogP contribution >= 0.6 is 0 Å². The maximum absolute atomic E-state index is 13.8. The average molecular weight is 584 g/mol. The quantitative estimate of drug-likeness (QED) is 0.179. The molecule has 0 aliphatic heterocycles. The Bertz CT molecular complexity index is 1410. The summed E-state index contributed by atoms with van der Waals surface area (Å²) in [4.78, 5) is 20.2. The zero-order valence-corrected chi connectivity index (χ0v) is 23.4. The number of alkyl halides is 3. The van der Waals surface area contributed by atoms with Crippen LogP contribution in [-0.4, -0.2) is 57.9 Å². The number of hydrogen-bond donors (Lipinski definition) is 4. The Balaban J connectivity index is 2.44. The molecular formula is C25H32F3N7O4S. The van der Waals surface area contributed by atoms with Gasteiger partial charge in [0.1, 0.15) is 17.4 Å². The second kappa shape index (κ2) is 13.2. The Morgan fingerprint density at radius 1 is 1.30 bits per heavy atom. The Morgan fingerprint density at radius 2 is 1.98 bits per heavy atom. The number of carbonyl (C=O) groups excluding carboxylic acids is 1. The molecule has 5 N–H and O–H groups in total. The van der Waals surface area contributed by atoms with E-state index in [1.54, 1.807) is 13.8 Å². The molecule has 0 saturated carbocycles. The van der Waals surface area contributed by atoms with E-state index in [0.717, 1.165) is 10.6 Å². The fourth-order valence-electron chi connectivity index (χ4n) is 3.30. The zero-order chi connectivity index (χ0) is 30.3. The number of aliphatic imine (C=N–C) groups is 1. The Morgan fingerprint density at radius 3 is 2.52 bits per heavy atom. The summed E-state index contributed by atoms with van der Waals surface area (Å²) < 4.78 is 71.6. The molecule has 0 saturated heterocycles. The van der Waals surface area contributed by atoms with Gasteiger partial charge in [0.05, 0.1) is 24.6 Å². The van der Waals surface area contributed by atoms with Crippen LogP contribution in [0, 0.1) is 0 Å². The van der Waals surface area contributed by atoms with Gasteiger partial charge in [0, 0.05) is 37.0 Å². The van der Waals surface area contributed by atoms with Crippen LogP contribution in [0.1, 0.15) is 29.8 Å². The smallest absolute Gasteiger partial charge is 0.419 e. The molecule has 218 valence electrons. The van der Waals surface area contributed by atoms with Crippen molar-refractivity contribution >= 4 is 33.4 Å². The molecule has 1 aromatic heterocycles. The minimum Gasteiger partial charge on any atom is -0.495 e. The third-order valence-electron chi connectivity index (χ3n) is 5.25. The van der Waals surface area contributed by atoms with Crippen LogP contribution < -0.4 is 30.7 Å². The van der Waals surface area contributed by atoms with E-state index >= 15 is 0 Å². The van der Waals surface area contributed by atoms with Crippen LogP contribution in [0.15, 0.2) is 65.6 Å². The van der Waals surface area contributed by atoms with E-state index in [2.05, 4.69) is 32.5 Å². The maximum atomic E-state index is 13.8. The Kier molecular flexibility index (Phi) is 10.5. The molecule has 1 aromatic carbocycles. The number of anilines is 2. The first-order chi connectivity index (χ1) is 18.6. The summed E-state index contributed by atoms with van der Waals surface area (Å²) in [5.41, 5.74) is 5.56. The van der Waals surface area contributed by atoms with Crippen LogP contribution in [0.5, 0.6) is 5.75 Å². The number of nitrogens with zero attached hydrogens (tertiary/aromatic N) is 3. The van der Waals surface area contributed by atoms with E-state index in [-0.39, 0.29) is 41.3 Å². The van der Waals surface area contributed by atoms with Gasteiger partial charge < -0.3 is 26.4 Å². The number of hydrogen-bond acceptors (Lipinski definition) is 7. The van der Waals surface area contributed by atoms with Crippen molar-refractivity contribution < 1.29 is 31.1 Å². The van der Waals surface area contributed by atoms with Crippen molar-refractivity contribution in [3.63, 3.8) is 0 Å². The van der Waals surface area contributed by atoms with Crippen molar-refractivity contribution in [3.8, 4) is 5.75 Å². The first-order valence-electron chi connectivity index (χ1n) is 11.7. The number of guanidine groups is 1. The summed E-state index contributed by atoms with van der Waals surface area (Å²) in [6.45, 7) is 6.56. The number of amides is 1. The van der Waals surface area contributed by atoms with E-state index < -0.39 is 33.6 Å². The highest BCUT2D eigenvalue weighted by atomic mass is 32.2. The second-order valence-electron chi connectivity index (χ2n) is 8.70. The van der Waals surface area contributed by atoms with Crippen molar-refractivity contribution in [2.45, 2.75) is 32.6 Å². The molecule has 0 unspecified atom stereocenters. The fraction of sp³-hybridized carbons (Fsp3) is 0.320. The van der Waals surface area contributed by atoms with E-state index in [1.807, 2.05) is 0 Å². The number of halogens is 3. The van der Waals surface area contributed by atoms with Crippen LogP contribution in [0.3, 0.4) is 0 Å². The number of aromatic nitrogens is 1. The molecule has 0 radical (unpaired) electrons. The van der Waals surface area contributed by atoms with Crippen molar-refractivity contribution in [2.75, 3.05) is 30.0 Å². The number of nitrogens with one attached hydrogen (secondary N) is 3. The summed E-state index contributed by atoms with van der Waals surface area (Å²) in [7, 11) is -1.07.